The number of benzene rings is 2. The van der Waals surface area contributed by atoms with E-state index in [0.717, 1.165) is 11.1 Å². The fourth-order valence-corrected chi connectivity index (χ4v) is 2.20. The minimum atomic E-state index is -0.233. The van der Waals surface area contributed by atoms with Crippen molar-refractivity contribution >= 4 is 11.6 Å². The number of hydrogen-bond donors (Lipinski definition) is 0. The standard InChI is InChI=1S/C14H10ClFO/c15-12-4-2-1-3-11(12)14-13(17-14)9-5-7-10(16)8-6-9/h1-8,13-14H. The van der Waals surface area contributed by atoms with Gasteiger partial charge in [0.05, 0.1) is 0 Å². The fourth-order valence-electron chi connectivity index (χ4n) is 1.96. The first-order valence-electron chi connectivity index (χ1n) is 5.41. The van der Waals surface area contributed by atoms with Gasteiger partial charge in [-0.3, -0.25) is 0 Å². The smallest absolute Gasteiger partial charge is 0.123 e. The Morgan fingerprint density at radius 1 is 0.941 bits per heavy atom. The van der Waals surface area contributed by atoms with Gasteiger partial charge in [0, 0.05) is 10.6 Å². The second kappa shape index (κ2) is 4.13. The van der Waals surface area contributed by atoms with Crippen LogP contribution in [-0.4, -0.2) is 0 Å². The summed E-state index contributed by atoms with van der Waals surface area (Å²) in [4.78, 5) is 0. The van der Waals surface area contributed by atoms with E-state index < -0.39 is 0 Å². The molecule has 3 heteroatoms. The summed E-state index contributed by atoms with van der Waals surface area (Å²) in [6.07, 6.45) is -0.00957. The predicted molar refractivity (Wildman–Crippen MR) is 64.4 cm³/mol. The van der Waals surface area contributed by atoms with Crippen molar-refractivity contribution in [3.05, 3.63) is 70.5 Å². The zero-order chi connectivity index (χ0) is 11.8. The van der Waals surface area contributed by atoms with Crippen LogP contribution in [0.1, 0.15) is 23.3 Å². The van der Waals surface area contributed by atoms with Crippen LogP contribution in [0.15, 0.2) is 48.5 Å². The third-order valence-corrected chi connectivity index (χ3v) is 3.25. The van der Waals surface area contributed by atoms with Crippen molar-refractivity contribution in [2.75, 3.05) is 0 Å². The van der Waals surface area contributed by atoms with Crippen molar-refractivity contribution in [2.24, 2.45) is 0 Å². The lowest BCUT2D eigenvalue weighted by Gasteiger charge is -1.99. The summed E-state index contributed by atoms with van der Waals surface area (Å²) >= 11 is 6.10. The lowest BCUT2D eigenvalue weighted by atomic mass is 10.0. The van der Waals surface area contributed by atoms with Gasteiger partial charge in [-0.25, -0.2) is 4.39 Å². The second-order valence-corrected chi connectivity index (χ2v) is 4.46. The Balaban J connectivity index is 1.83. The Bertz CT molecular complexity index is 538. The van der Waals surface area contributed by atoms with E-state index in [1.807, 2.05) is 24.3 Å². The van der Waals surface area contributed by atoms with E-state index in [1.54, 1.807) is 12.1 Å². The molecule has 1 heterocycles. The van der Waals surface area contributed by atoms with Gasteiger partial charge in [0.1, 0.15) is 18.0 Å². The summed E-state index contributed by atoms with van der Waals surface area (Å²) < 4.78 is 18.4. The molecule has 3 rings (SSSR count). The van der Waals surface area contributed by atoms with Crippen LogP contribution in [0.3, 0.4) is 0 Å². The number of ether oxygens (including phenoxy) is 1. The van der Waals surface area contributed by atoms with Crippen LogP contribution in [-0.2, 0) is 4.74 Å². The molecule has 2 unspecified atom stereocenters. The molecule has 1 nitrogen and oxygen atoms in total. The molecule has 0 spiro atoms. The molecule has 1 aliphatic heterocycles. The molecular weight excluding hydrogens is 239 g/mol. The maximum Gasteiger partial charge on any atom is 0.123 e. The van der Waals surface area contributed by atoms with E-state index in [2.05, 4.69) is 0 Å². The molecule has 0 aromatic heterocycles. The van der Waals surface area contributed by atoms with Crippen molar-refractivity contribution in [1.82, 2.24) is 0 Å². The van der Waals surface area contributed by atoms with Gasteiger partial charge < -0.3 is 4.74 Å². The first-order valence-corrected chi connectivity index (χ1v) is 5.79. The molecule has 0 aliphatic carbocycles. The molecule has 2 aromatic carbocycles. The zero-order valence-corrected chi connectivity index (χ0v) is 9.69. The number of rotatable bonds is 2. The van der Waals surface area contributed by atoms with Crippen LogP contribution in [0, 0.1) is 5.82 Å². The molecule has 1 aliphatic rings. The van der Waals surface area contributed by atoms with Crippen LogP contribution >= 0.6 is 11.6 Å². The molecule has 2 atom stereocenters. The number of epoxide rings is 1. The predicted octanol–water partition coefficient (Wildman–Crippen LogP) is 4.29. The molecule has 0 amide bonds. The lowest BCUT2D eigenvalue weighted by molar-refractivity contribution is 0.377. The summed E-state index contributed by atoms with van der Waals surface area (Å²) in [5.41, 5.74) is 1.97. The van der Waals surface area contributed by atoms with Crippen molar-refractivity contribution < 1.29 is 9.13 Å². The SMILES string of the molecule is Fc1ccc(C2OC2c2ccccc2Cl)cc1. The highest BCUT2D eigenvalue weighted by Crippen LogP contribution is 2.52. The van der Waals surface area contributed by atoms with Gasteiger partial charge in [-0.2, -0.15) is 0 Å². The monoisotopic (exact) mass is 248 g/mol. The molecule has 1 fully saturated rings. The van der Waals surface area contributed by atoms with E-state index >= 15 is 0 Å². The van der Waals surface area contributed by atoms with Gasteiger partial charge in [0.15, 0.2) is 0 Å². The third kappa shape index (κ3) is 2.06. The Hall–Kier alpha value is -1.38. The van der Waals surface area contributed by atoms with Crippen LogP contribution in [0.5, 0.6) is 0 Å². The van der Waals surface area contributed by atoms with Gasteiger partial charge in [0.2, 0.25) is 0 Å². The van der Waals surface area contributed by atoms with E-state index in [0.29, 0.717) is 5.02 Å². The molecule has 0 radical (unpaired) electrons. The van der Waals surface area contributed by atoms with Gasteiger partial charge in [-0.1, -0.05) is 41.9 Å². The molecule has 1 saturated heterocycles. The molecule has 2 aromatic rings. The Kier molecular flexibility index (Phi) is 2.61. The molecule has 86 valence electrons. The highest BCUT2D eigenvalue weighted by Gasteiger charge is 2.42. The van der Waals surface area contributed by atoms with Crippen molar-refractivity contribution in [1.29, 1.82) is 0 Å². The van der Waals surface area contributed by atoms with Crippen LogP contribution in [0.2, 0.25) is 5.02 Å². The molecule has 17 heavy (non-hydrogen) atoms. The highest BCUT2D eigenvalue weighted by molar-refractivity contribution is 6.31. The first kappa shape index (κ1) is 10.8. The summed E-state index contributed by atoms with van der Waals surface area (Å²) in [6.45, 7) is 0. The summed E-state index contributed by atoms with van der Waals surface area (Å²) in [6, 6.07) is 14.0. The normalized spacial score (nSPS) is 22.5. The van der Waals surface area contributed by atoms with Gasteiger partial charge in [-0.05, 0) is 23.8 Å². The van der Waals surface area contributed by atoms with Crippen molar-refractivity contribution in [2.45, 2.75) is 12.2 Å². The van der Waals surface area contributed by atoms with E-state index in [1.165, 1.54) is 12.1 Å². The van der Waals surface area contributed by atoms with Gasteiger partial charge in [-0.15, -0.1) is 0 Å². The molecule has 0 bridgehead atoms. The van der Waals surface area contributed by atoms with Crippen molar-refractivity contribution in [3.8, 4) is 0 Å². The van der Waals surface area contributed by atoms with Crippen LogP contribution in [0.4, 0.5) is 4.39 Å². The van der Waals surface area contributed by atoms with Gasteiger partial charge in [0.25, 0.3) is 0 Å². The third-order valence-electron chi connectivity index (χ3n) is 2.90. The fraction of sp³-hybridized carbons (Fsp3) is 0.143. The number of halogens is 2. The quantitative estimate of drug-likeness (QED) is 0.722. The second-order valence-electron chi connectivity index (χ2n) is 4.05. The topological polar surface area (TPSA) is 12.5 Å². The summed E-state index contributed by atoms with van der Waals surface area (Å²) in [5, 5.41) is 0.710. The zero-order valence-electron chi connectivity index (χ0n) is 8.94. The Morgan fingerprint density at radius 3 is 2.35 bits per heavy atom. The summed E-state index contributed by atoms with van der Waals surface area (Å²) in [7, 11) is 0. The van der Waals surface area contributed by atoms with Crippen LogP contribution in [0.25, 0.3) is 0 Å². The van der Waals surface area contributed by atoms with Crippen molar-refractivity contribution in [3.63, 3.8) is 0 Å². The average molecular weight is 249 g/mol. The maximum atomic E-state index is 12.8. The average Bonchev–Trinajstić information content (AvgIpc) is 3.11. The minimum absolute atomic E-state index is 0.00417. The van der Waals surface area contributed by atoms with E-state index in [9.17, 15) is 4.39 Å². The largest absolute Gasteiger partial charge is 0.359 e. The minimum Gasteiger partial charge on any atom is -0.359 e. The Labute approximate surface area is 104 Å². The molecule has 0 saturated carbocycles. The summed E-state index contributed by atoms with van der Waals surface area (Å²) in [5.74, 6) is -0.233. The van der Waals surface area contributed by atoms with Crippen LogP contribution < -0.4 is 0 Å². The Morgan fingerprint density at radius 2 is 1.65 bits per heavy atom. The van der Waals surface area contributed by atoms with Gasteiger partial charge >= 0.3 is 0 Å². The van der Waals surface area contributed by atoms with E-state index in [-0.39, 0.29) is 18.0 Å². The lowest BCUT2D eigenvalue weighted by Crippen LogP contribution is -1.86. The molecular formula is C14H10ClFO. The number of hydrogen-bond acceptors (Lipinski definition) is 1. The first-order chi connectivity index (χ1) is 8.25. The molecule has 0 N–H and O–H groups in total. The maximum absolute atomic E-state index is 12.8. The van der Waals surface area contributed by atoms with E-state index in [4.69, 9.17) is 16.3 Å². The highest BCUT2D eigenvalue weighted by atomic mass is 35.5.